The van der Waals surface area contributed by atoms with Gasteiger partial charge in [-0.2, -0.15) is 0 Å². The van der Waals surface area contributed by atoms with Crippen molar-refractivity contribution in [3.8, 4) is 0 Å². The molecular formula is C16H21ClN4O3. The van der Waals surface area contributed by atoms with E-state index < -0.39 is 17.5 Å². The maximum Gasteiger partial charge on any atom is 0.322 e. The second-order valence-electron chi connectivity index (χ2n) is 6.11. The molecule has 2 fully saturated rings. The van der Waals surface area contributed by atoms with Crippen LogP contribution in [0.2, 0.25) is 0 Å². The summed E-state index contributed by atoms with van der Waals surface area (Å²) in [6.07, 6.45) is 2.22. The third-order valence-electron chi connectivity index (χ3n) is 4.44. The van der Waals surface area contributed by atoms with Crippen molar-refractivity contribution in [3.05, 3.63) is 35.4 Å². The van der Waals surface area contributed by atoms with Crippen molar-refractivity contribution in [1.29, 1.82) is 0 Å². The standard InChI is InChI=1S/C16H20N4O3.ClH/c1-16(14(22)19-15(23)20-16)11-6-4-10(5-7-11)13(21)18-9-12-3-2-8-17-12;/h4-7,12,17H,2-3,8-9H2,1H3,(H,18,21)(H2,19,20,22,23);1H. The van der Waals surface area contributed by atoms with E-state index in [2.05, 4.69) is 21.3 Å². The SMILES string of the molecule is CC1(c2ccc(C(=O)NCC3CCCN3)cc2)NC(=O)NC1=O.Cl. The Morgan fingerprint density at radius 2 is 2.00 bits per heavy atom. The lowest BCUT2D eigenvalue weighted by molar-refractivity contribution is -0.123. The fraction of sp³-hybridized carbons (Fsp3) is 0.438. The Labute approximate surface area is 146 Å². The summed E-state index contributed by atoms with van der Waals surface area (Å²) < 4.78 is 0. The summed E-state index contributed by atoms with van der Waals surface area (Å²) in [6.45, 7) is 3.24. The molecule has 4 N–H and O–H groups in total. The molecule has 1 aromatic rings. The van der Waals surface area contributed by atoms with E-state index in [1.54, 1.807) is 31.2 Å². The zero-order valence-corrected chi connectivity index (χ0v) is 14.2. The summed E-state index contributed by atoms with van der Waals surface area (Å²) >= 11 is 0. The minimum atomic E-state index is -1.10. The van der Waals surface area contributed by atoms with Crippen molar-refractivity contribution in [2.75, 3.05) is 13.1 Å². The first-order valence-electron chi connectivity index (χ1n) is 7.75. The van der Waals surface area contributed by atoms with Gasteiger partial charge < -0.3 is 16.0 Å². The quantitative estimate of drug-likeness (QED) is 0.598. The van der Waals surface area contributed by atoms with Gasteiger partial charge in [0.2, 0.25) is 0 Å². The number of carbonyl (C=O) groups excluding carboxylic acids is 3. The number of hydrogen-bond acceptors (Lipinski definition) is 4. The number of nitrogens with one attached hydrogen (secondary N) is 4. The van der Waals surface area contributed by atoms with Crippen LogP contribution >= 0.6 is 12.4 Å². The molecule has 2 saturated heterocycles. The highest BCUT2D eigenvalue weighted by Gasteiger charge is 2.43. The predicted octanol–water partition coefficient (Wildman–Crippen LogP) is 0.645. The molecule has 130 valence electrons. The Morgan fingerprint density at radius 1 is 1.29 bits per heavy atom. The zero-order chi connectivity index (χ0) is 16.4. The van der Waals surface area contributed by atoms with Crippen LogP contribution in [0.25, 0.3) is 0 Å². The average molecular weight is 353 g/mol. The van der Waals surface area contributed by atoms with E-state index in [-0.39, 0.29) is 18.3 Å². The Hall–Kier alpha value is -2.12. The van der Waals surface area contributed by atoms with Gasteiger partial charge in [-0.25, -0.2) is 4.79 Å². The van der Waals surface area contributed by atoms with Gasteiger partial charge in [0.1, 0.15) is 5.54 Å². The second-order valence-corrected chi connectivity index (χ2v) is 6.11. The van der Waals surface area contributed by atoms with Gasteiger partial charge in [-0.1, -0.05) is 12.1 Å². The molecule has 0 saturated carbocycles. The molecule has 0 bridgehead atoms. The third-order valence-corrected chi connectivity index (χ3v) is 4.44. The summed E-state index contributed by atoms with van der Waals surface area (Å²) in [5.41, 5.74) is 0.0646. The summed E-state index contributed by atoms with van der Waals surface area (Å²) in [5.74, 6) is -0.540. The lowest BCUT2D eigenvalue weighted by atomic mass is 9.91. The molecule has 2 aliphatic heterocycles. The highest BCUT2D eigenvalue weighted by Crippen LogP contribution is 2.24. The number of halogens is 1. The minimum Gasteiger partial charge on any atom is -0.350 e. The van der Waals surface area contributed by atoms with Gasteiger partial charge in [0.15, 0.2) is 0 Å². The van der Waals surface area contributed by atoms with Crippen LogP contribution in [-0.4, -0.2) is 37.0 Å². The summed E-state index contributed by atoms with van der Waals surface area (Å²) in [7, 11) is 0. The van der Waals surface area contributed by atoms with Crippen molar-refractivity contribution >= 4 is 30.3 Å². The molecule has 0 radical (unpaired) electrons. The van der Waals surface area contributed by atoms with Gasteiger partial charge >= 0.3 is 6.03 Å². The van der Waals surface area contributed by atoms with Crippen molar-refractivity contribution < 1.29 is 14.4 Å². The molecule has 2 aliphatic rings. The van der Waals surface area contributed by atoms with Gasteiger partial charge in [0.25, 0.3) is 11.8 Å². The molecule has 7 nitrogen and oxygen atoms in total. The van der Waals surface area contributed by atoms with E-state index in [0.29, 0.717) is 23.7 Å². The Balaban J connectivity index is 0.00000208. The largest absolute Gasteiger partial charge is 0.350 e. The molecule has 0 spiro atoms. The summed E-state index contributed by atoms with van der Waals surface area (Å²) in [5, 5.41) is 11.0. The fourth-order valence-electron chi connectivity index (χ4n) is 2.95. The second kappa shape index (κ2) is 7.19. The van der Waals surface area contributed by atoms with Gasteiger partial charge in [-0.3, -0.25) is 14.9 Å². The number of hydrogen-bond donors (Lipinski definition) is 4. The van der Waals surface area contributed by atoms with E-state index in [1.807, 2.05) is 0 Å². The summed E-state index contributed by atoms with van der Waals surface area (Å²) in [4.78, 5) is 35.4. The van der Waals surface area contributed by atoms with Gasteiger partial charge in [0.05, 0.1) is 0 Å². The van der Waals surface area contributed by atoms with Gasteiger partial charge in [-0.15, -0.1) is 12.4 Å². The smallest absolute Gasteiger partial charge is 0.322 e. The maximum atomic E-state index is 12.1. The summed E-state index contributed by atoms with van der Waals surface area (Å²) in [6, 6.07) is 6.53. The van der Waals surface area contributed by atoms with Crippen LogP contribution in [0.15, 0.2) is 24.3 Å². The molecule has 2 unspecified atom stereocenters. The molecular weight excluding hydrogens is 332 g/mol. The zero-order valence-electron chi connectivity index (χ0n) is 13.3. The highest BCUT2D eigenvalue weighted by molar-refractivity contribution is 6.07. The molecule has 8 heteroatoms. The Bertz CT molecular complexity index is 643. The Kier molecular flexibility index (Phi) is 5.46. The van der Waals surface area contributed by atoms with Crippen molar-refractivity contribution in [1.82, 2.24) is 21.3 Å². The van der Waals surface area contributed by atoms with E-state index in [0.717, 1.165) is 19.4 Å². The van der Waals surface area contributed by atoms with E-state index >= 15 is 0 Å². The molecule has 4 amide bonds. The van der Waals surface area contributed by atoms with Crippen LogP contribution in [0.3, 0.4) is 0 Å². The Morgan fingerprint density at radius 3 is 2.54 bits per heavy atom. The molecule has 0 aliphatic carbocycles. The molecule has 0 aromatic heterocycles. The van der Waals surface area contributed by atoms with E-state index in [4.69, 9.17) is 0 Å². The van der Waals surface area contributed by atoms with E-state index in [1.165, 1.54) is 0 Å². The number of urea groups is 1. The maximum absolute atomic E-state index is 12.1. The van der Waals surface area contributed by atoms with Crippen molar-refractivity contribution in [2.24, 2.45) is 0 Å². The fourth-order valence-corrected chi connectivity index (χ4v) is 2.95. The van der Waals surface area contributed by atoms with Crippen LogP contribution in [-0.2, 0) is 10.3 Å². The first kappa shape index (κ1) is 18.2. The lowest BCUT2D eigenvalue weighted by Gasteiger charge is -2.21. The predicted molar refractivity (Wildman–Crippen MR) is 91.1 cm³/mol. The molecule has 1 aromatic carbocycles. The first-order chi connectivity index (χ1) is 11.0. The normalized spacial score (nSPS) is 25.6. The topological polar surface area (TPSA) is 99.3 Å². The van der Waals surface area contributed by atoms with Crippen LogP contribution in [0.1, 0.15) is 35.7 Å². The minimum absolute atomic E-state index is 0. The average Bonchev–Trinajstić information content (AvgIpc) is 3.14. The van der Waals surface area contributed by atoms with Crippen LogP contribution in [0, 0.1) is 0 Å². The monoisotopic (exact) mass is 352 g/mol. The number of imide groups is 1. The van der Waals surface area contributed by atoms with Crippen molar-refractivity contribution in [3.63, 3.8) is 0 Å². The lowest BCUT2D eigenvalue weighted by Crippen LogP contribution is -2.40. The van der Waals surface area contributed by atoms with Gasteiger partial charge in [0, 0.05) is 18.2 Å². The van der Waals surface area contributed by atoms with E-state index in [9.17, 15) is 14.4 Å². The molecule has 2 atom stereocenters. The molecule has 3 rings (SSSR count). The number of rotatable bonds is 4. The first-order valence-corrected chi connectivity index (χ1v) is 7.75. The molecule has 2 heterocycles. The van der Waals surface area contributed by atoms with Crippen LogP contribution in [0.4, 0.5) is 4.79 Å². The third kappa shape index (κ3) is 3.52. The van der Waals surface area contributed by atoms with Crippen LogP contribution < -0.4 is 21.3 Å². The number of amides is 4. The van der Waals surface area contributed by atoms with Gasteiger partial charge in [-0.05, 0) is 44.0 Å². The molecule has 24 heavy (non-hydrogen) atoms. The number of carbonyl (C=O) groups is 3. The highest BCUT2D eigenvalue weighted by atomic mass is 35.5. The van der Waals surface area contributed by atoms with Crippen molar-refractivity contribution in [2.45, 2.75) is 31.3 Å². The van der Waals surface area contributed by atoms with Crippen LogP contribution in [0.5, 0.6) is 0 Å². The number of benzene rings is 1.